The monoisotopic (exact) mass is 365 g/mol. The minimum Gasteiger partial charge on any atom is -0.444 e. The van der Waals surface area contributed by atoms with Gasteiger partial charge in [-0.05, 0) is 19.4 Å². The number of rotatable bonds is 5. The van der Waals surface area contributed by atoms with Gasteiger partial charge in [0.1, 0.15) is 12.1 Å². The first-order valence-electron chi connectivity index (χ1n) is 8.82. The molecular weight excluding hydrogens is 342 g/mol. The number of cyclic esters (lactones) is 1. The van der Waals surface area contributed by atoms with Gasteiger partial charge in [0.15, 0.2) is 0 Å². The summed E-state index contributed by atoms with van der Waals surface area (Å²) >= 11 is 0. The summed E-state index contributed by atoms with van der Waals surface area (Å²) in [5, 5.41) is 0. The van der Waals surface area contributed by atoms with Crippen LogP contribution in [0.3, 0.4) is 0 Å². The van der Waals surface area contributed by atoms with Crippen molar-refractivity contribution in [3.8, 4) is 0 Å². The molecule has 0 N–H and O–H groups in total. The summed E-state index contributed by atoms with van der Waals surface area (Å²) in [5.74, 6) is -0.462. The van der Waals surface area contributed by atoms with Crippen molar-refractivity contribution in [1.29, 1.82) is 0 Å². The Morgan fingerprint density at radius 2 is 1.74 bits per heavy atom. The standard InChI is InChI=1S/C22H23NO4/c1-16(2)14-22(3)20(24)27-19(18-12-8-5-9-13-18)23(22)21(25)26-15-17-10-6-4-7-11-17/h4-13,19H,1,14-15H2,2-3H3/t19-,22+/m1/s1. The first-order valence-corrected chi connectivity index (χ1v) is 8.82. The highest BCUT2D eigenvalue weighted by Gasteiger charge is 2.55. The van der Waals surface area contributed by atoms with Crippen LogP contribution >= 0.6 is 0 Å². The number of carbonyl (C=O) groups excluding carboxylic acids is 2. The number of benzene rings is 2. The molecule has 1 saturated heterocycles. The minimum absolute atomic E-state index is 0.120. The minimum atomic E-state index is -1.17. The molecule has 1 aliphatic heterocycles. The maximum atomic E-state index is 13.0. The van der Waals surface area contributed by atoms with Gasteiger partial charge >= 0.3 is 12.1 Å². The van der Waals surface area contributed by atoms with Crippen molar-refractivity contribution in [1.82, 2.24) is 4.90 Å². The predicted octanol–water partition coefficient (Wildman–Crippen LogP) is 4.61. The maximum absolute atomic E-state index is 13.0. The van der Waals surface area contributed by atoms with Gasteiger partial charge in [0.25, 0.3) is 0 Å². The van der Waals surface area contributed by atoms with Crippen LogP contribution < -0.4 is 0 Å². The molecule has 3 rings (SSSR count). The molecule has 0 aliphatic carbocycles. The molecule has 5 nitrogen and oxygen atoms in total. The summed E-state index contributed by atoms with van der Waals surface area (Å²) in [6, 6.07) is 18.6. The predicted molar refractivity (Wildman–Crippen MR) is 102 cm³/mol. The molecule has 1 amide bonds. The van der Waals surface area contributed by atoms with Gasteiger partial charge in [-0.2, -0.15) is 0 Å². The number of carbonyl (C=O) groups is 2. The number of nitrogens with zero attached hydrogens (tertiary/aromatic N) is 1. The number of esters is 1. The molecule has 140 valence electrons. The van der Waals surface area contributed by atoms with Crippen LogP contribution in [0.5, 0.6) is 0 Å². The van der Waals surface area contributed by atoms with E-state index in [2.05, 4.69) is 6.58 Å². The van der Waals surface area contributed by atoms with Gasteiger partial charge < -0.3 is 9.47 Å². The fraction of sp³-hybridized carbons (Fsp3) is 0.273. The Kier molecular flexibility index (Phi) is 5.31. The molecule has 0 radical (unpaired) electrons. The lowest BCUT2D eigenvalue weighted by Crippen LogP contribution is -2.49. The second-order valence-electron chi connectivity index (χ2n) is 6.99. The van der Waals surface area contributed by atoms with E-state index in [1.807, 2.05) is 67.6 Å². The van der Waals surface area contributed by atoms with E-state index in [1.54, 1.807) is 6.92 Å². The highest BCUT2D eigenvalue weighted by atomic mass is 16.6. The van der Waals surface area contributed by atoms with Crippen LogP contribution in [0.2, 0.25) is 0 Å². The fourth-order valence-corrected chi connectivity index (χ4v) is 3.30. The molecule has 0 bridgehead atoms. The Morgan fingerprint density at radius 1 is 1.15 bits per heavy atom. The molecule has 27 heavy (non-hydrogen) atoms. The zero-order valence-electron chi connectivity index (χ0n) is 15.6. The largest absolute Gasteiger partial charge is 0.444 e. The summed E-state index contributed by atoms with van der Waals surface area (Å²) in [4.78, 5) is 27.1. The van der Waals surface area contributed by atoms with Crippen LogP contribution in [0, 0.1) is 0 Å². The van der Waals surface area contributed by atoms with Crippen LogP contribution in [0.25, 0.3) is 0 Å². The van der Waals surface area contributed by atoms with Gasteiger partial charge in [0.2, 0.25) is 6.23 Å². The third-order valence-corrected chi connectivity index (χ3v) is 4.56. The van der Waals surface area contributed by atoms with Crippen LogP contribution in [0.15, 0.2) is 72.8 Å². The van der Waals surface area contributed by atoms with E-state index >= 15 is 0 Å². The van der Waals surface area contributed by atoms with Crippen molar-refractivity contribution in [2.24, 2.45) is 0 Å². The molecule has 0 aromatic heterocycles. The van der Waals surface area contributed by atoms with Crippen molar-refractivity contribution < 1.29 is 19.1 Å². The molecule has 0 unspecified atom stereocenters. The van der Waals surface area contributed by atoms with Crippen molar-refractivity contribution in [3.63, 3.8) is 0 Å². The lowest BCUT2D eigenvalue weighted by Gasteiger charge is -2.32. The normalized spacial score (nSPS) is 21.6. The zero-order chi connectivity index (χ0) is 19.4. The summed E-state index contributed by atoms with van der Waals surface area (Å²) in [7, 11) is 0. The Morgan fingerprint density at radius 3 is 2.33 bits per heavy atom. The second kappa shape index (κ2) is 7.66. The molecule has 1 aliphatic rings. The first kappa shape index (κ1) is 18.7. The number of ether oxygens (including phenoxy) is 2. The lowest BCUT2D eigenvalue weighted by molar-refractivity contribution is -0.145. The molecule has 5 heteroatoms. The molecule has 2 aromatic carbocycles. The van der Waals surface area contributed by atoms with Gasteiger partial charge in [-0.3, -0.25) is 4.90 Å². The average Bonchev–Trinajstić information content (AvgIpc) is 2.91. The van der Waals surface area contributed by atoms with Crippen molar-refractivity contribution in [3.05, 3.63) is 83.9 Å². The number of hydrogen-bond acceptors (Lipinski definition) is 4. The third kappa shape index (κ3) is 3.87. The smallest absolute Gasteiger partial charge is 0.414 e. The second-order valence-corrected chi connectivity index (χ2v) is 6.99. The highest BCUT2D eigenvalue weighted by molar-refractivity contribution is 5.89. The number of hydrogen-bond donors (Lipinski definition) is 0. The van der Waals surface area contributed by atoms with Crippen LogP contribution in [-0.2, 0) is 20.9 Å². The van der Waals surface area contributed by atoms with E-state index in [9.17, 15) is 9.59 Å². The molecule has 0 saturated carbocycles. The van der Waals surface area contributed by atoms with Gasteiger partial charge in [-0.1, -0.05) is 66.2 Å². The molecular formula is C22H23NO4. The Labute approximate surface area is 159 Å². The fourth-order valence-electron chi connectivity index (χ4n) is 3.30. The molecule has 1 fully saturated rings. The van der Waals surface area contributed by atoms with E-state index in [0.29, 0.717) is 12.0 Å². The molecule has 2 atom stereocenters. The molecule has 0 spiro atoms. The van der Waals surface area contributed by atoms with E-state index < -0.39 is 23.8 Å². The third-order valence-electron chi connectivity index (χ3n) is 4.56. The zero-order valence-corrected chi connectivity index (χ0v) is 15.6. The van der Waals surface area contributed by atoms with E-state index in [1.165, 1.54) is 4.90 Å². The van der Waals surface area contributed by atoms with E-state index in [-0.39, 0.29) is 6.61 Å². The quantitative estimate of drug-likeness (QED) is 0.574. The van der Waals surface area contributed by atoms with Gasteiger partial charge in [0.05, 0.1) is 0 Å². The van der Waals surface area contributed by atoms with Crippen molar-refractivity contribution in [2.45, 2.75) is 38.6 Å². The number of amides is 1. The van der Waals surface area contributed by atoms with E-state index in [4.69, 9.17) is 9.47 Å². The Balaban J connectivity index is 1.89. The van der Waals surface area contributed by atoms with Gasteiger partial charge in [-0.25, -0.2) is 9.59 Å². The Hall–Kier alpha value is -3.08. The van der Waals surface area contributed by atoms with E-state index in [0.717, 1.165) is 11.1 Å². The first-order chi connectivity index (χ1) is 12.9. The maximum Gasteiger partial charge on any atom is 0.414 e. The van der Waals surface area contributed by atoms with Gasteiger partial charge in [-0.15, -0.1) is 6.58 Å². The average molecular weight is 365 g/mol. The van der Waals surface area contributed by atoms with Crippen molar-refractivity contribution >= 4 is 12.1 Å². The highest BCUT2D eigenvalue weighted by Crippen LogP contribution is 2.41. The van der Waals surface area contributed by atoms with Crippen LogP contribution in [0.1, 0.15) is 37.6 Å². The summed E-state index contributed by atoms with van der Waals surface area (Å²) < 4.78 is 11.1. The van der Waals surface area contributed by atoms with Crippen LogP contribution in [-0.4, -0.2) is 22.5 Å². The molecule has 1 heterocycles. The lowest BCUT2D eigenvalue weighted by atomic mass is 9.92. The van der Waals surface area contributed by atoms with Crippen LogP contribution in [0.4, 0.5) is 4.79 Å². The summed E-state index contributed by atoms with van der Waals surface area (Å²) in [5.41, 5.74) is 1.20. The Bertz CT molecular complexity index is 834. The summed E-state index contributed by atoms with van der Waals surface area (Å²) in [6.45, 7) is 7.53. The molecule has 2 aromatic rings. The SMILES string of the molecule is C=C(C)C[C@@]1(C)C(=O)O[C@H](c2ccccc2)N1C(=O)OCc1ccccc1. The summed E-state index contributed by atoms with van der Waals surface area (Å²) in [6.07, 6.45) is -1.12. The van der Waals surface area contributed by atoms with Gasteiger partial charge in [0, 0.05) is 12.0 Å². The topological polar surface area (TPSA) is 55.8 Å². The van der Waals surface area contributed by atoms with Crippen molar-refractivity contribution in [2.75, 3.05) is 0 Å².